The number of aliphatic imine (C=N–C) groups is 1. The topological polar surface area (TPSA) is 32.7 Å². The molecule has 1 amide bonds. The molecule has 0 atom stereocenters. The number of thioether (sulfide) groups is 2. The quantitative estimate of drug-likeness (QED) is 0.699. The number of carbonyl (C=O) groups is 1. The number of nitrogens with zero attached hydrogens (tertiary/aromatic N) is 2. The van der Waals surface area contributed by atoms with Crippen LogP contribution in [-0.4, -0.2) is 26.5 Å². The van der Waals surface area contributed by atoms with Crippen molar-refractivity contribution < 1.29 is 4.79 Å². The number of benzene rings is 2. The lowest BCUT2D eigenvalue weighted by Gasteiger charge is -2.36. The molecule has 1 aliphatic heterocycles. The first kappa shape index (κ1) is 19.1. The van der Waals surface area contributed by atoms with Crippen LogP contribution < -0.4 is 0 Å². The second-order valence-electron chi connectivity index (χ2n) is 7.22. The van der Waals surface area contributed by atoms with Gasteiger partial charge >= 0.3 is 0 Å². The third-order valence-electron chi connectivity index (χ3n) is 4.17. The molecule has 0 saturated heterocycles. The van der Waals surface area contributed by atoms with Crippen molar-refractivity contribution in [2.45, 2.75) is 38.6 Å². The molecular weight excluding hydrogens is 360 g/mol. The van der Waals surface area contributed by atoms with Crippen molar-refractivity contribution in [1.82, 2.24) is 4.90 Å². The summed E-state index contributed by atoms with van der Waals surface area (Å²) in [4.78, 5) is 19.6. The molecular formula is C21H24N2OS2. The van der Waals surface area contributed by atoms with Gasteiger partial charge in [0.25, 0.3) is 0 Å². The van der Waals surface area contributed by atoms with Crippen LogP contribution in [0.4, 0.5) is 5.69 Å². The molecule has 2 aromatic rings. The van der Waals surface area contributed by atoms with Gasteiger partial charge in [0.1, 0.15) is 4.38 Å². The number of rotatable bonds is 4. The Bertz CT molecular complexity index is 797. The number of carbonyl (C=O) groups excluding carboxylic acids is 1. The van der Waals surface area contributed by atoms with Crippen LogP contribution in [0.1, 0.15) is 31.9 Å². The van der Waals surface area contributed by atoms with Crippen LogP contribution in [0.5, 0.6) is 0 Å². The Morgan fingerprint density at radius 1 is 1.12 bits per heavy atom. The Kier molecular flexibility index (Phi) is 6.09. The summed E-state index contributed by atoms with van der Waals surface area (Å²) < 4.78 is 0.977. The van der Waals surface area contributed by atoms with Crippen molar-refractivity contribution in [3.63, 3.8) is 0 Å². The van der Waals surface area contributed by atoms with Gasteiger partial charge in [-0.25, -0.2) is 4.99 Å². The van der Waals surface area contributed by atoms with E-state index < -0.39 is 0 Å². The van der Waals surface area contributed by atoms with E-state index in [0.29, 0.717) is 12.3 Å². The van der Waals surface area contributed by atoms with Crippen LogP contribution in [0.2, 0.25) is 0 Å². The maximum Gasteiger partial charge on any atom is 0.233 e. The SMILES string of the molecule is CC(C)(C)N(Cc1ccccc1)C(=O)CSC1=Nc2ccccc2CS1. The predicted molar refractivity (Wildman–Crippen MR) is 114 cm³/mol. The molecule has 0 spiro atoms. The average molecular weight is 385 g/mol. The lowest BCUT2D eigenvalue weighted by atomic mass is 10.0. The molecule has 0 fully saturated rings. The summed E-state index contributed by atoms with van der Waals surface area (Å²) in [7, 11) is 0. The number of hydrogen-bond acceptors (Lipinski definition) is 4. The second kappa shape index (κ2) is 8.31. The van der Waals surface area contributed by atoms with Crippen molar-refractivity contribution >= 4 is 39.5 Å². The van der Waals surface area contributed by atoms with E-state index in [9.17, 15) is 4.79 Å². The molecule has 5 heteroatoms. The van der Waals surface area contributed by atoms with Gasteiger partial charge in [0.15, 0.2) is 0 Å². The molecule has 3 rings (SSSR count). The summed E-state index contributed by atoms with van der Waals surface area (Å²) in [5.74, 6) is 1.48. The van der Waals surface area contributed by atoms with E-state index in [1.165, 1.54) is 5.56 Å². The smallest absolute Gasteiger partial charge is 0.233 e. The third-order valence-corrected chi connectivity index (χ3v) is 6.40. The first-order valence-corrected chi connectivity index (χ1v) is 10.7. The van der Waals surface area contributed by atoms with Crippen LogP contribution in [0.3, 0.4) is 0 Å². The van der Waals surface area contributed by atoms with Crippen molar-refractivity contribution in [1.29, 1.82) is 0 Å². The minimum atomic E-state index is -0.221. The van der Waals surface area contributed by atoms with Crippen molar-refractivity contribution in [2.75, 3.05) is 5.75 Å². The average Bonchev–Trinajstić information content (AvgIpc) is 2.64. The molecule has 0 radical (unpaired) electrons. The lowest BCUT2D eigenvalue weighted by molar-refractivity contribution is -0.133. The fraction of sp³-hybridized carbons (Fsp3) is 0.333. The molecule has 136 valence electrons. The molecule has 0 unspecified atom stereocenters. The molecule has 0 N–H and O–H groups in total. The third kappa shape index (κ3) is 4.92. The molecule has 26 heavy (non-hydrogen) atoms. The first-order valence-electron chi connectivity index (χ1n) is 8.70. The molecule has 0 bridgehead atoms. The van der Waals surface area contributed by atoms with Gasteiger partial charge in [-0.05, 0) is 38.0 Å². The van der Waals surface area contributed by atoms with Gasteiger partial charge < -0.3 is 4.90 Å². The molecule has 0 aromatic heterocycles. The standard InChI is InChI=1S/C21H24N2OS2/c1-21(2,3)23(13-16-9-5-4-6-10-16)19(24)15-26-20-22-18-12-8-7-11-17(18)14-25-20/h4-12H,13-15H2,1-3H3. The summed E-state index contributed by atoms with van der Waals surface area (Å²) in [5, 5.41) is 0. The Hall–Kier alpha value is -1.72. The zero-order valence-corrected chi connectivity index (χ0v) is 17.1. The Morgan fingerprint density at radius 2 is 1.81 bits per heavy atom. The highest BCUT2D eigenvalue weighted by atomic mass is 32.2. The lowest BCUT2D eigenvalue weighted by Crippen LogP contribution is -2.46. The van der Waals surface area contributed by atoms with Crippen LogP contribution >= 0.6 is 23.5 Å². The van der Waals surface area contributed by atoms with E-state index in [2.05, 4.69) is 39.0 Å². The zero-order chi connectivity index (χ0) is 18.6. The number of para-hydroxylation sites is 1. The van der Waals surface area contributed by atoms with E-state index in [0.717, 1.165) is 21.4 Å². The number of amides is 1. The maximum atomic E-state index is 12.9. The van der Waals surface area contributed by atoms with Crippen LogP contribution in [0.15, 0.2) is 59.6 Å². The van der Waals surface area contributed by atoms with Gasteiger partial charge in [-0.1, -0.05) is 72.1 Å². The van der Waals surface area contributed by atoms with Crippen LogP contribution in [0, 0.1) is 0 Å². The fourth-order valence-electron chi connectivity index (χ4n) is 2.75. The van der Waals surface area contributed by atoms with Gasteiger partial charge in [0, 0.05) is 17.8 Å². The largest absolute Gasteiger partial charge is 0.333 e. The highest BCUT2D eigenvalue weighted by Crippen LogP contribution is 2.34. The minimum absolute atomic E-state index is 0.147. The van der Waals surface area contributed by atoms with Gasteiger partial charge in [0.2, 0.25) is 5.91 Å². The zero-order valence-electron chi connectivity index (χ0n) is 15.4. The van der Waals surface area contributed by atoms with Gasteiger partial charge in [-0.2, -0.15) is 0 Å². The molecule has 2 aromatic carbocycles. The number of hydrogen-bond donors (Lipinski definition) is 0. The Labute approximate surface area is 164 Å². The second-order valence-corrected chi connectivity index (χ2v) is 9.41. The molecule has 1 aliphatic rings. The van der Waals surface area contributed by atoms with E-state index in [1.807, 2.05) is 41.3 Å². The van der Waals surface area contributed by atoms with Crippen molar-refractivity contribution in [2.24, 2.45) is 4.99 Å². The molecule has 1 heterocycles. The van der Waals surface area contributed by atoms with E-state index in [-0.39, 0.29) is 11.4 Å². The van der Waals surface area contributed by atoms with Crippen LogP contribution in [-0.2, 0) is 17.1 Å². The van der Waals surface area contributed by atoms with E-state index >= 15 is 0 Å². The van der Waals surface area contributed by atoms with Crippen LogP contribution in [0.25, 0.3) is 0 Å². The summed E-state index contributed by atoms with van der Waals surface area (Å²) in [6.45, 7) is 6.89. The molecule has 0 aliphatic carbocycles. The predicted octanol–water partition coefficient (Wildman–Crippen LogP) is 5.48. The minimum Gasteiger partial charge on any atom is -0.333 e. The monoisotopic (exact) mass is 384 g/mol. The Morgan fingerprint density at radius 3 is 2.54 bits per heavy atom. The first-order chi connectivity index (χ1) is 12.4. The molecule has 3 nitrogen and oxygen atoms in total. The van der Waals surface area contributed by atoms with Crippen molar-refractivity contribution in [3.8, 4) is 0 Å². The van der Waals surface area contributed by atoms with E-state index in [1.54, 1.807) is 23.5 Å². The van der Waals surface area contributed by atoms with Gasteiger partial charge in [-0.3, -0.25) is 4.79 Å². The van der Waals surface area contributed by atoms with Crippen molar-refractivity contribution in [3.05, 3.63) is 65.7 Å². The summed E-state index contributed by atoms with van der Waals surface area (Å²) in [6.07, 6.45) is 0. The molecule has 0 saturated carbocycles. The van der Waals surface area contributed by atoms with E-state index in [4.69, 9.17) is 4.99 Å². The normalized spacial score (nSPS) is 13.7. The summed E-state index contributed by atoms with van der Waals surface area (Å²) >= 11 is 3.26. The number of fused-ring (bicyclic) bond motifs is 1. The fourth-order valence-corrected chi connectivity index (χ4v) is 4.69. The summed E-state index contributed by atoms with van der Waals surface area (Å²) in [6, 6.07) is 18.4. The van der Waals surface area contributed by atoms with Gasteiger partial charge in [0.05, 0.1) is 11.4 Å². The van der Waals surface area contributed by atoms with Gasteiger partial charge in [-0.15, -0.1) is 0 Å². The highest BCUT2D eigenvalue weighted by Gasteiger charge is 2.27. The Balaban J connectivity index is 1.66. The highest BCUT2D eigenvalue weighted by molar-refractivity contribution is 8.38. The summed E-state index contributed by atoms with van der Waals surface area (Å²) in [5.41, 5.74) is 3.22. The maximum absolute atomic E-state index is 12.9.